The third-order valence-electron chi connectivity index (χ3n) is 6.81. The molecule has 0 saturated heterocycles. The van der Waals surface area contributed by atoms with Crippen molar-refractivity contribution in [1.82, 2.24) is 0 Å². The molecule has 136 valence electrons. The molecule has 0 atom stereocenters. The van der Waals surface area contributed by atoms with Gasteiger partial charge in [-0.3, -0.25) is 0 Å². The van der Waals surface area contributed by atoms with Crippen LogP contribution in [-0.4, -0.2) is 0 Å². The first kappa shape index (κ1) is 19.6. The summed E-state index contributed by atoms with van der Waals surface area (Å²) in [7, 11) is 0. The predicted octanol–water partition coefficient (Wildman–Crippen LogP) is 7.43. The lowest BCUT2D eigenvalue weighted by Gasteiger charge is -2.39. The van der Waals surface area contributed by atoms with Crippen molar-refractivity contribution in [3.8, 4) is 6.07 Å². The minimum atomic E-state index is -0.137. The number of unbranched alkanes of at least 4 members (excludes halogenated alkanes) is 3. The lowest BCUT2D eigenvalue weighted by atomic mass is 9.64. The van der Waals surface area contributed by atoms with Gasteiger partial charge in [0.1, 0.15) is 0 Å². The van der Waals surface area contributed by atoms with Crippen molar-refractivity contribution in [1.29, 1.82) is 5.26 Å². The minimum Gasteiger partial charge on any atom is -0.197 e. The summed E-state index contributed by atoms with van der Waals surface area (Å²) in [5.41, 5.74) is -0.137. The number of hydrogen-bond acceptors (Lipinski definition) is 1. The minimum absolute atomic E-state index is 0.137. The molecule has 0 aromatic carbocycles. The maximum absolute atomic E-state index is 9.73. The highest BCUT2D eigenvalue weighted by Crippen LogP contribution is 2.46. The van der Waals surface area contributed by atoms with Gasteiger partial charge in [0, 0.05) is 0 Å². The standard InChI is InChI=1S/C23H39N/c1-3-5-6-7-8-16-23(19-24)17-14-22(15-18-23)21-12-10-20(9-4-2)11-13-21/h8,16,20-22H,3-7,9-15,17-18H2,1-2H3/b16-8-. The Kier molecular flexibility index (Phi) is 8.37. The largest absolute Gasteiger partial charge is 0.197 e. The summed E-state index contributed by atoms with van der Waals surface area (Å²) in [6.07, 6.45) is 23.0. The van der Waals surface area contributed by atoms with Crippen molar-refractivity contribution in [3.63, 3.8) is 0 Å². The summed E-state index contributed by atoms with van der Waals surface area (Å²) in [4.78, 5) is 0. The van der Waals surface area contributed by atoms with Crippen LogP contribution in [0.4, 0.5) is 0 Å². The molecule has 0 aliphatic heterocycles. The lowest BCUT2D eigenvalue weighted by molar-refractivity contribution is 0.137. The van der Waals surface area contributed by atoms with E-state index in [9.17, 15) is 5.26 Å². The first-order valence-corrected chi connectivity index (χ1v) is 10.8. The summed E-state index contributed by atoms with van der Waals surface area (Å²) in [5.74, 6) is 2.88. The van der Waals surface area contributed by atoms with Crippen LogP contribution in [0.1, 0.15) is 104 Å². The van der Waals surface area contributed by atoms with Crippen LogP contribution in [0, 0.1) is 34.5 Å². The van der Waals surface area contributed by atoms with Gasteiger partial charge in [0.2, 0.25) is 0 Å². The molecular weight excluding hydrogens is 290 g/mol. The van der Waals surface area contributed by atoms with E-state index in [0.29, 0.717) is 0 Å². The number of allylic oxidation sites excluding steroid dienone is 2. The summed E-state index contributed by atoms with van der Waals surface area (Å²) in [6, 6.07) is 2.67. The fourth-order valence-electron chi connectivity index (χ4n) is 5.12. The van der Waals surface area contributed by atoms with Gasteiger partial charge in [0.05, 0.1) is 11.5 Å². The first-order valence-electron chi connectivity index (χ1n) is 10.8. The van der Waals surface area contributed by atoms with E-state index in [1.54, 1.807) is 0 Å². The van der Waals surface area contributed by atoms with Crippen LogP contribution in [0.15, 0.2) is 12.2 Å². The molecule has 2 saturated carbocycles. The Bertz CT molecular complexity index is 400. The van der Waals surface area contributed by atoms with Gasteiger partial charge < -0.3 is 0 Å². The fraction of sp³-hybridized carbons (Fsp3) is 0.870. The third kappa shape index (κ3) is 5.65. The molecule has 1 nitrogen and oxygen atoms in total. The average Bonchev–Trinajstić information content (AvgIpc) is 2.63. The molecule has 0 amide bonds. The maximum Gasteiger partial charge on any atom is 0.0753 e. The van der Waals surface area contributed by atoms with E-state index in [1.165, 1.54) is 70.6 Å². The van der Waals surface area contributed by atoms with E-state index in [-0.39, 0.29) is 5.41 Å². The zero-order valence-corrected chi connectivity index (χ0v) is 16.2. The summed E-state index contributed by atoms with van der Waals surface area (Å²) in [6.45, 7) is 4.57. The fourth-order valence-corrected chi connectivity index (χ4v) is 5.12. The van der Waals surface area contributed by atoms with E-state index in [0.717, 1.165) is 37.0 Å². The molecule has 2 rings (SSSR count). The maximum atomic E-state index is 9.73. The normalized spacial score (nSPS) is 34.3. The van der Waals surface area contributed by atoms with Gasteiger partial charge in [-0.05, 0) is 69.1 Å². The number of nitriles is 1. The molecule has 0 unspecified atom stereocenters. The molecule has 0 aromatic heterocycles. The van der Waals surface area contributed by atoms with Crippen LogP contribution in [0.5, 0.6) is 0 Å². The van der Waals surface area contributed by atoms with Crippen LogP contribution < -0.4 is 0 Å². The Hall–Kier alpha value is -0.770. The topological polar surface area (TPSA) is 23.8 Å². The molecular formula is C23H39N. The Morgan fingerprint density at radius 2 is 1.58 bits per heavy atom. The van der Waals surface area contributed by atoms with Gasteiger partial charge in [0.15, 0.2) is 0 Å². The summed E-state index contributed by atoms with van der Waals surface area (Å²) >= 11 is 0. The quantitative estimate of drug-likeness (QED) is 0.335. The van der Waals surface area contributed by atoms with Gasteiger partial charge in [-0.2, -0.15) is 5.26 Å². The highest BCUT2D eigenvalue weighted by molar-refractivity contribution is 5.14. The SMILES string of the molecule is CCCCC/C=C\C1(C#N)CCC(C2CCC(CCC)CC2)CC1. The van der Waals surface area contributed by atoms with E-state index in [2.05, 4.69) is 32.1 Å². The van der Waals surface area contributed by atoms with E-state index < -0.39 is 0 Å². The highest BCUT2D eigenvalue weighted by atomic mass is 14.4. The smallest absolute Gasteiger partial charge is 0.0753 e. The van der Waals surface area contributed by atoms with E-state index >= 15 is 0 Å². The van der Waals surface area contributed by atoms with Crippen molar-refractivity contribution in [3.05, 3.63) is 12.2 Å². The number of rotatable bonds is 8. The average molecular weight is 330 g/mol. The summed E-state index contributed by atoms with van der Waals surface area (Å²) < 4.78 is 0. The van der Waals surface area contributed by atoms with Crippen LogP contribution in [0.3, 0.4) is 0 Å². The Balaban J connectivity index is 1.76. The Morgan fingerprint density at radius 1 is 0.917 bits per heavy atom. The molecule has 2 fully saturated rings. The molecule has 0 heterocycles. The first-order chi connectivity index (χ1) is 11.7. The van der Waals surface area contributed by atoms with Crippen molar-refractivity contribution < 1.29 is 0 Å². The van der Waals surface area contributed by atoms with Crippen LogP contribution >= 0.6 is 0 Å². The third-order valence-corrected chi connectivity index (χ3v) is 6.81. The molecule has 0 radical (unpaired) electrons. The van der Waals surface area contributed by atoms with Gasteiger partial charge in [-0.1, -0.05) is 64.5 Å². The zero-order valence-electron chi connectivity index (χ0n) is 16.2. The Morgan fingerprint density at radius 3 is 2.17 bits per heavy atom. The van der Waals surface area contributed by atoms with Gasteiger partial charge >= 0.3 is 0 Å². The lowest BCUT2D eigenvalue weighted by Crippen LogP contribution is -2.30. The van der Waals surface area contributed by atoms with Crippen molar-refractivity contribution in [2.45, 2.75) is 104 Å². The van der Waals surface area contributed by atoms with Gasteiger partial charge in [-0.25, -0.2) is 0 Å². The number of hydrogen-bond donors (Lipinski definition) is 0. The molecule has 2 aliphatic rings. The van der Waals surface area contributed by atoms with Gasteiger partial charge in [0.25, 0.3) is 0 Å². The molecule has 24 heavy (non-hydrogen) atoms. The van der Waals surface area contributed by atoms with Crippen LogP contribution in [0.25, 0.3) is 0 Å². The van der Waals surface area contributed by atoms with E-state index in [1.807, 2.05) is 0 Å². The summed E-state index contributed by atoms with van der Waals surface area (Å²) in [5, 5.41) is 9.73. The van der Waals surface area contributed by atoms with E-state index in [4.69, 9.17) is 0 Å². The van der Waals surface area contributed by atoms with Crippen LogP contribution in [0.2, 0.25) is 0 Å². The second-order valence-corrected chi connectivity index (χ2v) is 8.57. The molecule has 0 N–H and O–H groups in total. The number of nitrogens with zero attached hydrogens (tertiary/aromatic N) is 1. The molecule has 0 bridgehead atoms. The van der Waals surface area contributed by atoms with Crippen LogP contribution in [-0.2, 0) is 0 Å². The Labute approximate surface area is 150 Å². The highest BCUT2D eigenvalue weighted by Gasteiger charge is 2.36. The molecule has 0 aromatic rings. The predicted molar refractivity (Wildman–Crippen MR) is 104 cm³/mol. The van der Waals surface area contributed by atoms with Crippen molar-refractivity contribution in [2.75, 3.05) is 0 Å². The molecule has 2 aliphatic carbocycles. The molecule has 1 heteroatoms. The second kappa shape index (κ2) is 10.3. The van der Waals surface area contributed by atoms with Crippen molar-refractivity contribution in [2.24, 2.45) is 23.2 Å². The monoisotopic (exact) mass is 329 g/mol. The zero-order chi connectivity index (χ0) is 17.3. The second-order valence-electron chi connectivity index (χ2n) is 8.57. The van der Waals surface area contributed by atoms with Gasteiger partial charge in [-0.15, -0.1) is 0 Å². The molecule has 0 spiro atoms. The van der Waals surface area contributed by atoms with Crippen molar-refractivity contribution >= 4 is 0 Å².